The van der Waals surface area contributed by atoms with Crippen molar-refractivity contribution in [3.05, 3.63) is 28.8 Å². The monoisotopic (exact) mass is 199 g/mol. The maximum absolute atomic E-state index is 9.69. The minimum absolute atomic E-state index is 0.303. The van der Waals surface area contributed by atoms with E-state index in [2.05, 4.69) is 0 Å². The molecule has 0 aromatic heterocycles. The SMILES string of the molecule is N[C@@H]1COc2c(Cl)cccc2[C@@H]1O. The van der Waals surface area contributed by atoms with E-state index >= 15 is 0 Å². The van der Waals surface area contributed by atoms with Crippen LogP contribution in [0.2, 0.25) is 5.02 Å². The molecular formula is C9H10ClNO2. The Kier molecular flexibility index (Phi) is 2.15. The van der Waals surface area contributed by atoms with Crippen molar-refractivity contribution in [1.82, 2.24) is 0 Å². The average molecular weight is 200 g/mol. The summed E-state index contributed by atoms with van der Waals surface area (Å²) < 4.78 is 5.32. The van der Waals surface area contributed by atoms with Gasteiger partial charge >= 0.3 is 0 Å². The highest BCUT2D eigenvalue weighted by atomic mass is 35.5. The van der Waals surface area contributed by atoms with Gasteiger partial charge < -0.3 is 15.6 Å². The van der Waals surface area contributed by atoms with Gasteiger partial charge in [-0.25, -0.2) is 0 Å². The zero-order valence-corrected chi connectivity index (χ0v) is 7.66. The fourth-order valence-corrected chi connectivity index (χ4v) is 1.65. The van der Waals surface area contributed by atoms with Crippen molar-refractivity contribution in [2.45, 2.75) is 12.1 Å². The standard InChI is InChI=1S/C9H10ClNO2/c10-6-3-1-2-5-8(12)7(11)4-13-9(5)6/h1-3,7-8,12H,4,11H2/t7-,8+/m1/s1. The largest absolute Gasteiger partial charge is 0.490 e. The van der Waals surface area contributed by atoms with Crippen molar-refractivity contribution >= 4 is 11.6 Å². The smallest absolute Gasteiger partial charge is 0.143 e. The van der Waals surface area contributed by atoms with E-state index in [-0.39, 0.29) is 6.04 Å². The van der Waals surface area contributed by atoms with Gasteiger partial charge in [0.05, 0.1) is 11.1 Å². The molecule has 4 heteroatoms. The van der Waals surface area contributed by atoms with Gasteiger partial charge in [-0.2, -0.15) is 0 Å². The predicted octanol–water partition coefficient (Wildman–Crippen LogP) is 1.09. The lowest BCUT2D eigenvalue weighted by molar-refractivity contribution is 0.0916. The Morgan fingerprint density at radius 1 is 1.54 bits per heavy atom. The van der Waals surface area contributed by atoms with Crippen LogP contribution in [0.25, 0.3) is 0 Å². The van der Waals surface area contributed by atoms with Crippen LogP contribution in [0.4, 0.5) is 0 Å². The molecule has 0 spiro atoms. The first-order chi connectivity index (χ1) is 6.20. The third-order valence-electron chi connectivity index (χ3n) is 2.14. The Hall–Kier alpha value is -0.770. The van der Waals surface area contributed by atoms with Crippen molar-refractivity contribution < 1.29 is 9.84 Å². The van der Waals surface area contributed by atoms with Crippen molar-refractivity contribution in [1.29, 1.82) is 0 Å². The Morgan fingerprint density at radius 3 is 3.08 bits per heavy atom. The molecule has 1 aliphatic rings. The number of para-hydroxylation sites is 1. The van der Waals surface area contributed by atoms with E-state index in [1.165, 1.54) is 0 Å². The maximum atomic E-state index is 9.69. The van der Waals surface area contributed by atoms with Gasteiger partial charge in [0.15, 0.2) is 0 Å². The van der Waals surface area contributed by atoms with Gasteiger partial charge in [-0.15, -0.1) is 0 Å². The van der Waals surface area contributed by atoms with Gasteiger partial charge in [0.1, 0.15) is 18.5 Å². The zero-order valence-electron chi connectivity index (χ0n) is 6.90. The number of halogens is 1. The molecule has 70 valence electrons. The van der Waals surface area contributed by atoms with E-state index in [4.69, 9.17) is 22.1 Å². The second kappa shape index (κ2) is 3.18. The third-order valence-corrected chi connectivity index (χ3v) is 2.44. The highest BCUT2D eigenvalue weighted by molar-refractivity contribution is 6.32. The molecule has 0 saturated carbocycles. The molecule has 1 aromatic carbocycles. The lowest BCUT2D eigenvalue weighted by atomic mass is 10.00. The Morgan fingerprint density at radius 2 is 2.31 bits per heavy atom. The predicted molar refractivity (Wildman–Crippen MR) is 49.9 cm³/mol. The van der Waals surface area contributed by atoms with Gasteiger partial charge in [-0.05, 0) is 6.07 Å². The van der Waals surface area contributed by atoms with Crippen LogP contribution in [0.3, 0.4) is 0 Å². The molecule has 13 heavy (non-hydrogen) atoms. The molecule has 3 N–H and O–H groups in total. The molecule has 1 heterocycles. The number of fused-ring (bicyclic) bond motifs is 1. The summed E-state index contributed by atoms with van der Waals surface area (Å²) >= 11 is 5.88. The van der Waals surface area contributed by atoms with Crippen LogP contribution in [-0.4, -0.2) is 17.8 Å². The van der Waals surface area contributed by atoms with Gasteiger partial charge in [0.25, 0.3) is 0 Å². The van der Waals surface area contributed by atoms with Crippen molar-refractivity contribution in [2.75, 3.05) is 6.61 Å². The molecule has 0 unspecified atom stereocenters. The van der Waals surface area contributed by atoms with Crippen LogP contribution in [0, 0.1) is 0 Å². The zero-order chi connectivity index (χ0) is 9.42. The Balaban J connectivity index is 2.49. The van der Waals surface area contributed by atoms with Crippen LogP contribution in [-0.2, 0) is 0 Å². The fourth-order valence-electron chi connectivity index (χ4n) is 1.41. The Labute approximate surface area is 81.1 Å². The number of rotatable bonds is 0. The molecule has 1 aliphatic heterocycles. The van der Waals surface area contributed by atoms with Crippen molar-refractivity contribution in [2.24, 2.45) is 5.73 Å². The summed E-state index contributed by atoms with van der Waals surface area (Å²) in [5.74, 6) is 0.554. The third kappa shape index (κ3) is 1.39. The normalized spacial score (nSPS) is 26.4. The van der Waals surface area contributed by atoms with E-state index in [0.717, 1.165) is 0 Å². The topological polar surface area (TPSA) is 55.5 Å². The van der Waals surface area contributed by atoms with E-state index in [1.807, 2.05) is 0 Å². The Bertz CT molecular complexity index is 329. The summed E-state index contributed by atoms with van der Waals surface area (Å²) in [7, 11) is 0. The highest BCUT2D eigenvalue weighted by Crippen LogP contribution is 2.36. The average Bonchev–Trinajstić information content (AvgIpc) is 2.12. The molecule has 0 bridgehead atoms. The first-order valence-electron chi connectivity index (χ1n) is 4.05. The minimum Gasteiger partial charge on any atom is -0.490 e. The lowest BCUT2D eigenvalue weighted by Gasteiger charge is -2.27. The van der Waals surface area contributed by atoms with Crippen molar-refractivity contribution in [3.8, 4) is 5.75 Å². The quantitative estimate of drug-likeness (QED) is 0.658. The second-order valence-corrected chi connectivity index (χ2v) is 3.49. The summed E-state index contributed by atoms with van der Waals surface area (Å²) in [5.41, 5.74) is 6.30. The number of ether oxygens (including phenoxy) is 1. The molecule has 0 saturated heterocycles. The molecule has 1 aromatic rings. The van der Waals surface area contributed by atoms with Gasteiger partial charge in [0, 0.05) is 5.56 Å². The maximum Gasteiger partial charge on any atom is 0.143 e. The number of hydrogen-bond acceptors (Lipinski definition) is 3. The number of hydrogen-bond donors (Lipinski definition) is 2. The van der Waals surface area contributed by atoms with Gasteiger partial charge in [0.2, 0.25) is 0 Å². The molecule has 0 radical (unpaired) electrons. The molecule has 0 aliphatic carbocycles. The number of benzene rings is 1. The summed E-state index contributed by atoms with van der Waals surface area (Å²) in [5, 5.41) is 10.2. The summed E-state index contributed by atoms with van der Waals surface area (Å²) in [6.45, 7) is 0.303. The van der Waals surface area contributed by atoms with Crippen LogP contribution in [0.5, 0.6) is 5.75 Å². The van der Waals surface area contributed by atoms with E-state index in [0.29, 0.717) is 22.9 Å². The number of aliphatic hydroxyl groups is 1. The first kappa shape index (κ1) is 8.81. The molecule has 3 nitrogen and oxygen atoms in total. The molecule has 2 atom stereocenters. The second-order valence-electron chi connectivity index (χ2n) is 3.08. The van der Waals surface area contributed by atoms with Crippen LogP contribution in [0.1, 0.15) is 11.7 Å². The van der Waals surface area contributed by atoms with Crippen LogP contribution in [0.15, 0.2) is 18.2 Å². The summed E-state index contributed by atoms with van der Waals surface area (Å²) in [6.07, 6.45) is -0.678. The summed E-state index contributed by atoms with van der Waals surface area (Å²) in [6, 6.07) is 4.90. The molecule has 0 amide bonds. The highest BCUT2D eigenvalue weighted by Gasteiger charge is 2.27. The minimum atomic E-state index is -0.678. The number of aliphatic hydroxyl groups excluding tert-OH is 1. The molecule has 0 fully saturated rings. The van der Waals surface area contributed by atoms with E-state index < -0.39 is 6.10 Å². The van der Waals surface area contributed by atoms with Crippen molar-refractivity contribution in [3.63, 3.8) is 0 Å². The first-order valence-corrected chi connectivity index (χ1v) is 4.43. The fraction of sp³-hybridized carbons (Fsp3) is 0.333. The lowest BCUT2D eigenvalue weighted by Crippen LogP contribution is -2.38. The van der Waals surface area contributed by atoms with E-state index in [9.17, 15) is 5.11 Å². The van der Waals surface area contributed by atoms with Gasteiger partial charge in [-0.1, -0.05) is 23.7 Å². The van der Waals surface area contributed by atoms with Crippen LogP contribution >= 0.6 is 11.6 Å². The van der Waals surface area contributed by atoms with Crippen LogP contribution < -0.4 is 10.5 Å². The number of nitrogens with two attached hydrogens (primary N) is 1. The van der Waals surface area contributed by atoms with Gasteiger partial charge in [-0.3, -0.25) is 0 Å². The van der Waals surface area contributed by atoms with E-state index in [1.54, 1.807) is 18.2 Å². The molecular weight excluding hydrogens is 190 g/mol. The molecule has 2 rings (SSSR count). The summed E-state index contributed by atoms with van der Waals surface area (Å²) in [4.78, 5) is 0.